The summed E-state index contributed by atoms with van der Waals surface area (Å²) in [6, 6.07) is 9.31. The molecule has 1 aliphatic rings. The summed E-state index contributed by atoms with van der Waals surface area (Å²) >= 11 is 0. The standard InChI is InChI=1S/C27H44N4O5SSi/c1-26(2,3)36-25(32)31(15-16-35-38(8,9)27(4,5)6)23-18-30(17-22(23)21-13-11-10-12-14-21)37(33,34)24-19-29(7)20-28-24/h10-14,19-20,22-23H,15-18H2,1-9H3. The lowest BCUT2D eigenvalue weighted by molar-refractivity contribution is 0.0126. The zero-order chi connectivity index (χ0) is 28.5. The maximum absolute atomic E-state index is 13.6. The lowest BCUT2D eigenvalue weighted by Gasteiger charge is -2.38. The van der Waals surface area contributed by atoms with E-state index in [2.05, 4.69) is 38.8 Å². The average Bonchev–Trinajstić information content (AvgIpc) is 3.43. The number of carbonyl (C=O) groups excluding carboxylic acids is 1. The van der Waals surface area contributed by atoms with E-state index in [0.717, 1.165) is 5.56 Å². The molecule has 1 amide bonds. The molecule has 2 unspecified atom stereocenters. The van der Waals surface area contributed by atoms with Crippen LogP contribution in [0.2, 0.25) is 18.1 Å². The van der Waals surface area contributed by atoms with E-state index in [-0.39, 0.29) is 29.1 Å². The first-order chi connectivity index (χ1) is 17.4. The molecule has 2 atom stereocenters. The Balaban J connectivity index is 1.96. The fraction of sp³-hybridized carbons (Fsp3) is 0.630. The number of imidazole rings is 1. The molecular weight excluding hydrogens is 520 g/mol. The first-order valence-electron chi connectivity index (χ1n) is 13.1. The summed E-state index contributed by atoms with van der Waals surface area (Å²) in [6.45, 7) is 17.4. The molecule has 0 spiro atoms. The highest BCUT2D eigenvalue weighted by Crippen LogP contribution is 2.37. The Kier molecular flexibility index (Phi) is 8.87. The van der Waals surface area contributed by atoms with Crippen molar-refractivity contribution in [2.24, 2.45) is 7.05 Å². The maximum Gasteiger partial charge on any atom is 0.410 e. The lowest BCUT2D eigenvalue weighted by Crippen LogP contribution is -2.50. The van der Waals surface area contributed by atoms with Crippen LogP contribution in [0.4, 0.5) is 4.79 Å². The second-order valence-electron chi connectivity index (χ2n) is 12.6. The number of hydrogen-bond donors (Lipinski definition) is 0. The van der Waals surface area contributed by atoms with E-state index < -0.39 is 36.1 Å². The molecule has 3 rings (SSSR count). The number of carbonyl (C=O) groups is 1. The minimum absolute atomic E-state index is 0.00228. The van der Waals surface area contributed by atoms with Gasteiger partial charge in [0, 0.05) is 38.8 Å². The summed E-state index contributed by atoms with van der Waals surface area (Å²) in [6.07, 6.45) is 2.50. The molecule has 2 heterocycles. The third kappa shape index (κ3) is 7.05. The number of ether oxygens (including phenoxy) is 1. The van der Waals surface area contributed by atoms with Crippen LogP contribution in [0.25, 0.3) is 0 Å². The van der Waals surface area contributed by atoms with Gasteiger partial charge in [0.1, 0.15) is 5.60 Å². The van der Waals surface area contributed by atoms with Crippen LogP contribution in [0, 0.1) is 0 Å². The minimum atomic E-state index is -3.85. The van der Waals surface area contributed by atoms with Crippen LogP contribution in [-0.4, -0.2) is 79.5 Å². The van der Waals surface area contributed by atoms with E-state index >= 15 is 0 Å². The molecular formula is C27H44N4O5SSi. The summed E-state index contributed by atoms with van der Waals surface area (Å²) in [4.78, 5) is 19.3. The van der Waals surface area contributed by atoms with Crippen molar-refractivity contribution in [3.8, 4) is 0 Å². The molecule has 2 aromatic rings. The van der Waals surface area contributed by atoms with E-state index in [1.165, 1.54) is 16.8 Å². The number of rotatable bonds is 8. The number of benzene rings is 1. The molecule has 38 heavy (non-hydrogen) atoms. The summed E-state index contributed by atoms with van der Waals surface area (Å²) in [5, 5.41) is 0.0228. The highest BCUT2D eigenvalue weighted by atomic mass is 32.2. The van der Waals surface area contributed by atoms with Crippen molar-refractivity contribution in [2.45, 2.75) is 82.3 Å². The molecule has 1 aliphatic heterocycles. The van der Waals surface area contributed by atoms with E-state index in [4.69, 9.17) is 9.16 Å². The summed E-state index contributed by atoms with van der Waals surface area (Å²) in [5.74, 6) is -0.241. The van der Waals surface area contributed by atoms with Gasteiger partial charge in [0.25, 0.3) is 10.0 Å². The zero-order valence-electron chi connectivity index (χ0n) is 24.3. The van der Waals surface area contributed by atoms with Crippen molar-refractivity contribution < 1.29 is 22.4 Å². The van der Waals surface area contributed by atoms with Gasteiger partial charge in [0.15, 0.2) is 13.3 Å². The van der Waals surface area contributed by atoms with Gasteiger partial charge in [-0.3, -0.25) is 0 Å². The average molecular weight is 565 g/mol. The fourth-order valence-corrected chi connectivity index (χ4v) is 6.76. The van der Waals surface area contributed by atoms with Crippen molar-refractivity contribution in [1.82, 2.24) is 18.8 Å². The van der Waals surface area contributed by atoms with Crippen molar-refractivity contribution in [2.75, 3.05) is 26.2 Å². The third-order valence-corrected chi connectivity index (χ3v) is 13.7. The third-order valence-electron chi connectivity index (χ3n) is 7.40. The predicted molar refractivity (Wildman–Crippen MR) is 151 cm³/mol. The number of hydrogen-bond acceptors (Lipinski definition) is 6. The molecule has 1 saturated heterocycles. The van der Waals surface area contributed by atoms with Crippen LogP contribution in [0.1, 0.15) is 53.0 Å². The monoisotopic (exact) mass is 564 g/mol. The van der Waals surface area contributed by atoms with Crippen molar-refractivity contribution in [3.05, 3.63) is 48.4 Å². The van der Waals surface area contributed by atoms with Gasteiger partial charge in [-0.2, -0.15) is 4.31 Å². The Morgan fingerprint density at radius 2 is 1.74 bits per heavy atom. The molecule has 1 aromatic carbocycles. The largest absolute Gasteiger partial charge is 0.444 e. The normalized spacial score (nSPS) is 19.5. The molecule has 1 fully saturated rings. The smallest absolute Gasteiger partial charge is 0.410 e. The number of aromatic nitrogens is 2. The van der Waals surface area contributed by atoms with Crippen LogP contribution < -0.4 is 0 Å². The Labute approximate surface area is 229 Å². The quantitative estimate of drug-likeness (QED) is 0.426. The maximum atomic E-state index is 13.6. The number of sulfonamides is 1. The number of nitrogens with zero attached hydrogens (tertiary/aromatic N) is 4. The number of amides is 1. The fourth-order valence-electron chi connectivity index (χ4n) is 4.27. The number of aryl methyl sites for hydroxylation is 1. The molecule has 212 valence electrons. The lowest BCUT2D eigenvalue weighted by atomic mass is 9.93. The predicted octanol–water partition coefficient (Wildman–Crippen LogP) is 4.84. The van der Waals surface area contributed by atoms with E-state index in [1.54, 1.807) is 16.5 Å². The topological polar surface area (TPSA) is 94.0 Å². The van der Waals surface area contributed by atoms with Gasteiger partial charge in [-0.25, -0.2) is 18.2 Å². The van der Waals surface area contributed by atoms with Gasteiger partial charge in [0.05, 0.1) is 19.0 Å². The molecule has 9 nitrogen and oxygen atoms in total. The van der Waals surface area contributed by atoms with Crippen molar-refractivity contribution in [1.29, 1.82) is 0 Å². The first kappa shape index (κ1) is 30.3. The second kappa shape index (κ2) is 11.1. The molecule has 1 aromatic heterocycles. The second-order valence-corrected chi connectivity index (χ2v) is 19.3. The molecule has 0 radical (unpaired) electrons. The Morgan fingerprint density at radius 1 is 1.11 bits per heavy atom. The Morgan fingerprint density at radius 3 is 2.26 bits per heavy atom. The highest BCUT2D eigenvalue weighted by Gasteiger charge is 2.46. The van der Waals surface area contributed by atoms with E-state index in [0.29, 0.717) is 13.2 Å². The van der Waals surface area contributed by atoms with E-state index in [9.17, 15) is 13.2 Å². The van der Waals surface area contributed by atoms with Gasteiger partial charge in [-0.1, -0.05) is 51.1 Å². The summed E-state index contributed by atoms with van der Waals surface area (Å²) in [7, 11) is -4.17. The van der Waals surface area contributed by atoms with E-state index in [1.807, 2.05) is 51.1 Å². The van der Waals surface area contributed by atoms with Gasteiger partial charge in [-0.15, -0.1) is 0 Å². The highest BCUT2D eigenvalue weighted by molar-refractivity contribution is 7.89. The molecule has 0 aliphatic carbocycles. The Bertz CT molecular complexity index is 1200. The summed E-state index contributed by atoms with van der Waals surface area (Å²) < 4.78 is 42.4. The van der Waals surface area contributed by atoms with Crippen molar-refractivity contribution in [3.63, 3.8) is 0 Å². The van der Waals surface area contributed by atoms with Crippen LogP contribution in [0.15, 0.2) is 47.9 Å². The van der Waals surface area contributed by atoms with Gasteiger partial charge in [-0.05, 0) is 44.5 Å². The van der Waals surface area contributed by atoms with Crippen LogP contribution in [0.5, 0.6) is 0 Å². The van der Waals surface area contributed by atoms with Crippen LogP contribution in [0.3, 0.4) is 0 Å². The van der Waals surface area contributed by atoms with Crippen LogP contribution in [-0.2, 0) is 26.2 Å². The molecule has 0 bridgehead atoms. The Hall–Kier alpha value is -2.21. The van der Waals surface area contributed by atoms with Crippen molar-refractivity contribution >= 4 is 24.4 Å². The minimum Gasteiger partial charge on any atom is -0.444 e. The van der Waals surface area contributed by atoms with Gasteiger partial charge < -0.3 is 18.6 Å². The van der Waals surface area contributed by atoms with Crippen LogP contribution >= 0.6 is 0 Å². The van der Waals surface area contributed by atoms with Gasteiger partial charge >= 0.3 is 6.09 Å². The SMILES string of the molecule is Cn1cnc(S(=O)(=O)N2CC(c3ccccc3)C(N(CCO[Si](C)(C)C(C)(C)C)C(=O)OC(C)(C)C)C2)c1. The molecule has 11 heteroatoms. The molecule has 0 saturated carbocycles. The first-order valence-corrected chi connectivity index (χ1v) is 17.4. The van der Waals surface area contributed by atoms with Gasteiger partial charge in [0.2, 0.25) is 0 Å². The zero-order valence-corrected chi connectivity index (χ0v) is 26.1. The molecule has 0 N–H and O–H groups in total. The summed E-state index contributed by atoms with van der Waals surface area (Å²) in [5.41, 5.74) is 0.269.